The fraction of sp³-hybridized carbons (Fsp3) is 0.556. The van der Waals surface area contributed by atoms with E-state index in [1.54, 1.807) is 11.3 Å². The molecule has 0 aliphatic rings. The Labute approximate surface area is 118 Å². The van der Waals surface area contributed by atoms with Crippen LogP contribution in [-0.4, -0.2) is 29.4 Å². The summed E-state index contributed by atoms with van der Waals surface area (Å²) < 4.78 is 1.14. The van der Waals surface area contributed by atoms with Gasteiger partial charge in [-0.3, -0.25) is 0 Å². The Hall–Kier alpha value is 0.150. The van der Waals surface area contributed by atoms with Crippen molar-refractivity contribution < 1.29 is 0 Å². The van der Waals surface area contributed by atoms with Gasteiger partial charge in [0.25, 0.3) is 0 Å². The molecular formula is C9H14BrN3S3. The first kappa shape index (κ1) is 14.2. The highest BCUT2D eigenvalue weighted by Gasteiger charge is 2.04. The van der Waals surface area contributed by atoms with Gasteiger partial charge in [0.1, 0.15) is 5.01 Å². The average Bonchev–Trinajstić information content (AvgIpc) is 2.57. The maximum absolute atomic E-state index is 4.97. The first-order valence-electron chi connectivity index (χ1n) is 4.78. The molecule has 0 fully saturated rings. The molecular weight excluding hydrogens is 326 g/mol. The van der Waals surface area contributed by atoms with Crippen LogP contribution in [0, 0.1) is 6.92 Å². The molecule has 0 saturated heterocycles. The Balaban J connectivity index is 2.14. The Morgan fingerprint density at radius 3 is 2.94 bits per heavy atom. The zero-order valence-corrected chi connectivity index (χ0v) is 13.2. The second-order valence-corrected chi connectivity index (χ2v) is 6.94. The van der Waals surface area contributed by atoms with Gasteiger partial charge in [0.05, 0.1) is 9.48 Å². The van der Waals surface area contributed by atoms with Crippen molar-refractivity contribution in [3.05, 3.63) is 14.5 Å². The minimum Gasteiger partial charge on any atom is -0.366 e. The average molecular weight is 340 g/mol. The molecule has 7 heteroatoms. The third-order valence-corrected chi connectivity index (χ3v) is 5.28. The number of nitrogens with zero attached hydrogens (tertiary/aromatic N) is 1. The Morgan fingerprint density at radius 1 is 1.62 bits per heavy atom. The van der Waals surface area contributed by atoms with Crippen LogP contribution in [-0.2, 0) is 5.75 Å². The van der Waals surface area contributed by atoms with Crippen LogP contribution < -0.4 is 10.6 Å². The zero-order chi connectivity index (χ0) is 12.0. The third-order valence-electron chi connectivity index (χ3n) is 1.77. The summed E-state index contributed by atoms with van der Waals surface area (Å²) in [5, 5.41) is 7.86. The summed E-state index contributed by atoms with van der Waals surface area (Å²) in [6.07, 6.45) is 0. The normalized spacial score (nSPS) is 10.2. The van der Waals surface area contributed by atoms with Gasteiger partial charge in [0, 0.05) is 25.1 Å². The van der Waals surface area contributed by atoms with Gasteiger partial charge in [-0.05, 0) is 35.1 Å². The number of thiazole rings is 1. The van der Waals surface area contributed by atoms with Crippen molar-refractivity contribution in [3.63, 3.8) is 0 Å². The second-order valence-electron chi connectivity index (χ2n) is 3.03. The highest BCUT2D eigenvalue weighted by atomic mass is 79.9. The fourth-order valence-corrected chi connectivity index (χ4v) is 3.43. The van der Waals surface area contributed by atoms with Gasteiger partial charge < -0.3 is 10.6 Å². The lowest BCUT2D eigenvalue weighted by atomic mass is 10.6. The van der Waals surface area contributed by atoms with E-state index < -0.39 is 0 Å². The molecule has 0 bridgehead atoms. The molecule has 90 valence electrons. The monoisotopic (exact) mass is 339 g/mol. The first-order chi connectivity index (χ1) is 7.63. The van der Waals surface area contributed by atoms with Crippen LogP contribution >= 0.6 is 51.2 Å². The number of nitrogens with one attached hydrogen (secondary N) is 2. The number of halogens is 1. The molecule has 0 aromatic carbocycles. The van der Waals surface area contributed by atoms with Crippen molar-refractivity contribution in [1.82, 2.24) is 15.6 Å². The summed E-state index contributed by atoms with van der Waals surface area (Å²) in [4.78, 5) is 4.45. The SMILES string of the molecule is CNC(=S)NCCSCc1nc(C)c(Br)s1. The molecule has 0 saturated carbocycles. The third kappa shape index (κ3) is 4.99. The quantitative estimate of drug-likeness (QED) is 0.636. The van der Waals surface area contributed by atoms with Crippen LogP contribution in [0.25, 0.3) is 0 Å². The molecule has 1 heterocycles. The van der Waals surface area contributed by atoms with Crippen LogP contribution in [0.15, 0.2) is 3.79 Å². The lowest BCUT2D eigenvalue weighted by molar-refractivity contribution is 0.943. The number of hydrogen-bond donors (Lipinski definition) is 2. The number of rotatable bonds is 5. The Morgan fingerprint density at radius 2 is 2.38 bits per heavy atom. The molecule has 1 rings (SSSR count). The molecule has 0 radical (unpaired) electrons. The van der Waals surface area contributed by atoms with Crippen molar-refractivity contribution in [1.29, 1.82) is 0 Å². The van der Waals surface area contributed by atoms with Gasteiger partial charge in [-0.25, -0.2) is 4.98 Å². The molecule has 0 amide bonds. The summed E-state index contributed by atoms with van der Waals surface area (Å²) in [6, 6.07) is 0. The molecule has 16 heavy (non-hydrogen) atoms. The van der Waals surface area contributed by atoms with E-state index in [1.165, 1.54) is 5.01 Å². The summed E-state index contributed by atoms with van der Waals surface area (Å²) in [6.45, 7) is 2.90. The molecule has 3 nitrogen and oxygen atoms in total. The van der Waals surface area contributed by atoms with E-state index in [2.05, 4.69) is 31.5 Å². The lowest BCUT2D eigenvalue weighted by Gasteiger charge is -2.05. The first-order valence-corrected chi connectivity index (χ1v) is 7.96. The van der Waals surface area contributed by atoms with Gasteiger partial charge in [-0.1, -0.05) is 0 Å². The van der Waals surface area contributed by atoms with E-state index >= 15 is 0 Å². The van der Waals surface area contributed by atoms with Crippen LogP contribution in [0.4, 0.5) is 0 Å². The van der Waals surface area contributed by atoms with E-state index in [-0.39, 0.29) is 0 Å². The standard InChI is InChI=1S/C9H14BrN3S3/c1-6-8(10)16-7(13-6)5-15-4-3-12-9(14)11-2/h3-5H2,1-2H3,(H2,11,12,14). The second kappa shape index (κ2) is 7.47. The molecule has 1 aromatic rings. The molecule has 0 aliphatic heterocycles. The van der Waals surface area contributed by atoms with Crippen molar-refractivity contribution in [2.75, 3.05) is 19.3 Å². The molecule has 0 atom stereocenters. The van der Waals surface area contributed by atoms with Crippen molar-refractivity contribution >= 4 is 56.4 Å². The largest absolute Gasteiger partial charge is 0.366 e. The Bertz CT molecular complexity index is 334. The summed E-state index contributed by atoms with van der Waals surface area (Å²) in [5.41, 5.74) is 1.08. The van der Waals surface area contributed by atoms with Gasteiger partial charge in [-0.2, -0.15) is 11.8 Å². The van der Waals surface area contributed by atoms with Crippen LogP contribution in [0.5, 0.6) is 0 Å². The number of thioether (sulfide) groups is 1. The van der Waals surface area contributed by atoms with E-state index in [9.17, 15) is 0 Å². The van der Waals surface area contributed by atoms with Crippen molar-refractivity contribution in [2.45, 2.75) is 12.7 Å². The van der Waals surface area contributed by atoms with Gasteiger partial charge in [0.15, 0.2) is 5.11 Å². The fourth-order valence-electron chi connectivity index (χ4n) is 0.977. The summed E-state index contributed by atoms with van der Waals surface area (Å²) >= 11 is 12.0. The smallest absolute Gasteiger partial charge is 0.166 e. The van der Waals surface area contributed by atoms with Crippen molar-refractivity contribution in [3.8, 4) is 0 Å². The van der Waals surface area contributed by atoms with E-state index in [0.717, 1.165) is 27.5 Å². The van der Waals surface area contributed by atoms with Gasteiger partial charge in [-0.15, -0.1) is 11.3 Å². The summed E-state index contributed by atoms with van der Waals surface area (Å²) in [7, 11) is 1.82. The minimum absolute atomic E-state index is 0.702. The molecule has 2 N–H and O–H groups in total. The predicted octanol–water partition coefficient (Wildman–Crippen LogP) is 2.54. The number of hydrogen-bond acceptors (Lipinski definition) is 4. The van der Waals surface area contributed by atoms with Crippen molar-refractivity contribution in [2.24, 2.45) is 0 Å². The molecule has 0 spiro atoms. The van der Waals surface area contributed by atoms with Crippen LogP contribution in [0.1, 0.15) is 10.7 Å². The highest BCUT2D eigenvalue weighted by molar-refractivity contribution is 9.11. The maximum Gasteiger partial charge on any atom is 0.166 e. The topological polar surface area (TPSA) is 37.0 Å². The number of thiocarbonyl (C=S) groups is 1. The van der Waals surface area contributed by atoms with E-state index in [1.807, 2.05) is 25.7 Å². The number of aromatic nitrogens is 1. The molecule has 0 aliphatic carbocycles. The van der Waals surface area contributed by atoms with Crippen LogP contribution in [0.2, 0.25) is 0 Å². The highest BCUT2D eigenvalue weighted by Crippen LogP contribution is 2.26. The van der Waals surface area contributed by atoms with E-state index in [4.69, 9.17) is 12.2 Å². The molecule has 1 aromatic heterocycles. The zero-order valence-electron chi connectivity index (χ0n) is 9.17. The lowest BCUT2D eigenvalue weighted by Crippen LogP contribution is -2.33. The van der Waals surface area contributed by atoms with Gasteiger partial charge >= 0.3 is 0 Å². The van der Waals surface area contributed by atoms with E-state index in [0.29, 0.717) is 5.11 Å². The van der Waals surface area contributed by atoms with Gasteiger partial charge in [0.2, 0.25) is 0 Å². The number of aryl methyl sites for hydroxylation is 1. The maximum atomic E-state index is 4.97. The molecule has 0 unspecified atom stereocenters. The predicted molar refractivity (Wildman–Crippen MR) is 80.4 cm³/mol. The summed E-state index contributed by atoms with van der Waals surface area (Å²) in [5.74, 6) is 1.99. The minimum atomic E-state index is 0.702. The van der Waals surface area contributed by atoms with Crippen LogP contribution in [0.3, 0.4) is 0 Å². The Kier molecular flexibility index (Phi) is 6.64.